The zero-order valence-electron chi connectivity index (χ0n) is 9.87. The highest BCUT2D eigenvalue weighted by Crippen LogP contribution is 2.29. The molecule has 0 bridgehead atoms. The Morgan fingerprint density at radius 2 is 1.41 bits per heavy atom. The molecule has 0 heterocycles. The highest BCUT2D eigenvalue weighted by atomic mass is 19.1. The first-order valence-electron chi connectivity index (χ1n) is 5.63. The van der Waals surface area contributed by atoms with Crippen molar-refractivity contribution < 1.29 is 8.78 Å². The molecule has 0 radical (unpaired) electrons. The van der Waals surface area contributed by atoms with Gasteiger partial charge in [0, 0.05) is 0 Å². The minimum Gasteiger partial charge on any atom is -0.207 e. The molecule has 2 aromatic rings. The van der Waals surface area contributed by atoms with Crippen LogP contribution in [0.25, 0.3) is 11.1 Å². The topological polar surface area (TPSA) is 0 Å². The summed E-state index contributed by atoms with van der Waals surface area (Å²) in [7, 11) is 0. The van der Waals surface area contributed by atoms with Gasteiger partial charge in [-0.3, -0.25) is 0 Å². The molecule has 2 heteroatoms. The summed E-state index contributed by atoms with van der Waals surface area (Å²) in [5, 5.41) is 0. The van der Waals surface area contributed by atoms with E-state index in [1.54, 1.807) is 18.2 Å². The van der Waals surface area contributed by atoms with E-state index in [0.29, 0.717) is 5.92 Å². The van der Waals surface area contributed by atoms with Crippen LogP contribution in [0.2, 0.25) is 0 Å². The molecule has 2 rings (SSSR count). The van der Waals surface area contributed by atoms with E-state index in [0.717, 1.165) is 16.7 Å². The van der Waals surface area contributed by atoms with Crippen LogP contribution in [0.5, 0.6) is 0 Å². The van der Waals surface area contributed by atoms with E-state index >= 15 is 0 Å². The molecule has 0 amide bonds. The first-order chi connectivity index (χ1) is 8.08. The first kappa shape index (κ1) is 11.8. The molecule has 0 atom stereocenters. The maximum Gasteiger partial charge on any atom is 0.123 e. The average Bonchev–Trinajstić information content (AvgIpc) is 2.29. The zero-order valence-corrected chi connectivity index (χ0v) is 9.87. The summed E-state index contributed by atoms with van der Waals surface area (Å²) >= 11 is 0. The highest BCUT2D eigenvalue weighted by Gasteiger charge is 2.09. The van der Waals surface area contributed by atoms with Crippen LogP contribution in [0.15, 0.2) is 42.5 Å². The van der Waals surface area contributed by atoms with Gasteiger partial charge in [-0.15, -0.1) is 0 Å². The van der Waals surface area contributed by atoms with Crippen LogP contribution in [0.3, 0.4) is 0 Å². The van der Waals surface area contributed by atoms with Crippen LogP contribution in [0, 0.1) is 11.6 Å². The molecular weight excluding hydrogens is 218 g/mol. The second kappa shape index (κ2) is 4.66. The summed E-state index contributed by atoms with van der Waals surface area (Å²) in [6.07, 6.45) is 0. The number of benzene rings is 2. The van der Waals surface area contributed by atoms with E-state index in [9.17, 15) is 8.78 Å². The van der Waals surface area contributed by atoms with Gasteiger partial charge in [0.1, 0.15) is 11.6 Å². The van der Waals surface area contributed by atoms with E-state index in [4.69, 9.17) is 0 Å². The van der Waals surface area contributed by atoms with Crippen molar-refractivity contribution in [3.8, 4) is 11.1 Å². The SMILES string of the molecule is CC(C)c1ccc(F)cc1-c1ccc(F)cc1. The highest BCUT2D eigenvalue weighted by molar-refractivity contribution is 5.68. The second-order valence-corrected chi connectivity index (χ2v) is 4.39. The van der Waals surface area contributed by atoms with Gasteiger partial charge >= 0.3 is 0 Å². The predicted octanol–water partition coefficient (Wildman–Crippen LogP) is 4.76. The lowest BCUT2D eigenvalue weighted by Gasteiger charge is -2.13. The van der Waals surface area contributed by atoms with E-state index in [1.807, 2.05) is 0 Å². The van der Waals surface area contributed by atoms with Crippen LogP contribution in [0.1, 0.15) is 25.3 Å². The summed E-state index contributed by atoms with van der Waals surface area (Å²) < 4.78 is 26.2. The Morgan fingerprint density at radius 3 is 2.00 bits per heavy atom. The fraction of sp³-hybridized carbons (Fsp3) is 0.200. The zero-order chi connectivity index (χ0) is 12.4. The summed E-state index contributed by atoms with van der Waals surface area (Å²) in [5.74, 6) is -0.249. The van der Waals surface area contributed by atoms with Gasteiger partial charge in [-0.05, 0) is 46.9 Å². The number of halogens is 2. The van der Waals surface area contributed by atoms with Crippen LogP contribution in [-0.2, 0) is 0 Å². The molecule has 0 saturated carbocycles. The Kier molecular flexibility index (Phi) is 3.23. The molecular formula is C15H14F2. The minimum absolute atomic E-state index is 0.270. The molecule has 0 aliphatic rings. The minimum atomic E-state index is -0.281. The fourth-order valence-corrected chi connectivity index (χ4v) is 1.91. The molecule has 0 spiro atoms. The van der Waals surface area contributed by atoms with Gasteiger partial charge in [0.25, 0.3) is 0 Å². The van der Waals surface area contributed by atoms with Crippen molar-refractivity contribution in [1.82, 2.24) is 0 Å². The molecule has 0 fully saturated rings. The predicted molar refractivity (Wildman–Crippen MR) is 65.9 cm³/mol. The summed E-state index contributed by atoms with van der Waals surface area (Å²) in [4.78, 5) is 0. The van der Waals surface area contributed by atoms with Crippen LogP contribution >= 0.6 is 0 Å². The van der Waals surface area contributed by atoms with Gasteiger partial charge in [0.15, 0.2) is 0 Å². The number of hydrogen-bond acceptors (Lipinski definition) is 0. The van der Waals surface area contributed by atoms with Crippen molar-refractivity contribution in [3.63, 3.8) is 0 Å². The van der Waals surface area contributed by atoms with Crippen molar-refractivity contribution in [1.29, 1.82) is 0 Å². The molecule has 0 nitrogen and oxygen atoms in total. The Hall–Kier alpha value is -1.70. The van der Waals surface area contributed by atoms with Gasteiger partial charge < -0.3 is 0 Å². The monoisotopic (exact) mass is 232 g/mol. The first-order valence-corrected chi connectivity index (χ1v) is 5.63. The van der Waals surface area contributed by atoms with Crippen molar-refractivity contribution in [3.05, 3.63) is 59.7 Å². The molecule has 0 unspecified atom stereocenters. The quantitative estimate of drug-likeness (QED) is 0.700. The van der Waals surface area contributed by atoms with Gasteiger partial charge in [-0.1, -0.05) is 32.0 Å². The molecule has 0 aromatic heterocycles. The average molecular weight is 232 g/mol. The summed E-state index contributed by atoms with van der Waals surface area (Å²) in [6, 6.07) is 10.9. The largest absolute Gasteiger partial charge is 0.207 e. The van der Waals surface area contributed by atoms with Crippen molar-refractivity contribution in [2.45, 2.75) is 19.8 Å². The van der Waals surface area contributed by atoms with Crippen LogP contribution in [0.4, 0.5) is 8.78 Å². The van der Waals surface area contributed by atoms with Gasteiger partial charge in [0.05, 0.1) is 0 Å². The molecule has 17 heavy (non-hydrogen) atoms. The van der Waals surface area contributed by atoms with E-state index in [1.165, 1.54) is 24.3 Å². The Labute approximate surface area is 99.9 Å². The normalized spacial score (nSPS) is 10.9. The summed E-state index contributed by atoms with van der Waals surface area (Å²) in [5.41, 5.74) is 2.74. The number of hydrogen-bond donors (Lipinski definition) is 0. The molecule has 0 aliphatic heterocycles. The van der Waals surface area contributed by atoms with Crippen LogP contribution < -0.4 is 0 Å². The molecule has 0 N–H and O–H groups in total. The standard InChI is InChI=1S/C15H14F2/c1-10(2)14-8-7-13(17)9-15(14)11-3-5-12(16)6-4-11/h3-10H,1-2H3. The van der Waals surface area contributed by atoms with Crippen molar-refractivity contribution in [2.75, 3.05) is 0 Å². The third-order valence-corrected chi connectivity index (χ3v) is 2.79. The maximum absolute atomic E-state index is 13.3. The smallest absolute Gasteiger partial charge is 0.123 e. The Bertz CT molecular complexity index is 513. The second-order valence-electron chi connectivity index (χ2n) is 4.39. The van der Waals surface area contributed by atoms with Gasteiger partial charge in [-0.25, -0.2) is 8.78 Å². The van der Waals surface area contributed by atoms with Gasteiger partial charge in [0.2, 0.25) is 0 Å². The molecule has 2 aromatic carbocycles. The molecule has 0 saturated heterocycles. The molecule has 0 aliphatic carbocycles. The van der Waals surface area contributed by atoms with E-state index < -0.39 is 0 Å². The lowest BCUT2D eigenvalue weighted by molar-refractivity contribution is 0.626. The number of rotatable bonds is 2. The van der Waals surface area contributed by atoms with Gasteiger partial charge in [-0.2, -0.15) is 0 Å². The third kappa shape index (κ3) is 2.52. The van der Waals surface area contributed by atoms with E-state index in [-0.39, 0.29) is 11.6 Å². The lowest BCUT2D eigenvalue weighted by Crippen LogP contribution is -1.93. The van der Waals surface area contributed by atoms with E-state index in [2.05, 4.69) is 13.8 Å². The fourth-order valence-electron chi connectivity index (χ4n) is 1.91. The molecule has 88 valence electrons. The lowest BCUT2D eigenvalue weighted by atomic mass is 9.92. The Balaban J connectivity index is 2.56. The van der Waals surface area contributed by atoms with Crippen molar-refractivity contribution in [2.24, 2.45) is 0 Å². The summed E-state index contributed by atoms with van der Waals surface area (Å²) in [6.45, 7) is 4.11. The Morgan fingerprint density at radius 1 is 0.824 bits per heavy atom. The third-order valence-electron chi connectivity index (χ3n) is 2.79. The maximum atomic E-state index is 13.3. The van der Waals surface area contributed by atoms with Crippen LogP contribution in [-0.4, -0.2) is 0 Å². The van der Waals surface area contributed by atoms with Crippen molar-refractivity contribution >= 4 is 0 Å².